The van der Waals surface area contributed by atoms with E-state index in [1.807, 2.05) is 20.8 Å². The van der Waals surface area contributed by atoms with Gasteiger partial charge in [-0.15, -0.1) is 0 Å². The van der Waals surface area contributed by atoms with Crippen molar-refractivity contribution in [1.29, 1.82) is 0 Å². The van der Waals surface area contributed by atoms with E-state index >= 15 is 0 Å². The monoisotopic (exact) mass is 249 g/mol. The van der Waals surface area contributed by atoms with Crippen LogP contribution in [0, 0.1) is 0 Å². The first-order chi connectivity index (χ1) is 8.45. The SMILES string of the molecule is CCN(C(=O)Cc1cccc(C(=O)O)c1)C(C)C. The molecule has 1 N–H and O–H groups in total. The van der Waals surface area contributed by atoms with Crippen LogP contribution in [0.25, 0.3) is 0 Å². The molecule has 98 valence electrons. The number of carboxylic acids is 1. The van der Waals surface area contributed by atoms with E-state index in [2.05, 4.69) is 0 Å². The van der Waals surface area contributed by atoms with E-state index in [0.29, 0.717) is 6.54 Å². The van der Waals surface area contributed by atoms with E-state index < -0.39 is 5.97 Å². The Bertz CT molecular complexity index is 440. The summed E-state index contributed by atoms with van der Waals surface area (Å²) in [5, 5.41) is 8.89. The molecule has 4 nitrogen and oxygen atoms in total. The minimum Gasteiger partial charge on any atom is -0.478 e. The van der Waals surface area contributed by atoms with E-state index in [-0.39, 0.29) is 23.9 Å². The highest BCUT2D eigenvalue weighted by Gasteiger charge is 2.15. The van der Waals surface area contributed by atoms with Gasteiger partial charge in [-0.2, -0.15) is 0 Å². The number of rotatable bonds is 5. The van der Waals surface area contributed by atoms with Crippen molar-refractivity contribution in [3.63, 3.8) is 0 Å². The molecule has 1 aromatic carbocycles. The number of likely N-dealkylation sites (N-methyl/N-ethyl adjacent to an activating group) is 1. The van der Waals surface area contributed by atoms with Gasteiger partial charge in [-0.05, 0) is 38.5 Å². The van der Waals surface area contributed by atoms with Gasteiger partial charge in [0, 0.05) is 12.6 Å². The minimum atomic E-state index is -0.972. The third-order valence-electron chi connectivity index (χ3n) is 2.81. The second-order valence-electron chi connectivity index (χ2n) is 4.46. The summed E-state index contributed by atoms with van der Waals surface area (Å²) in [6.07, 6.45) is 0.243. The number of hydrogen-bond donors (Lipinski definition) is 1. The quantitative estimate of drug-likeness (QED) is 0.870. The molecule has 0 fully saturated rings. The van der Waals surface area contributed by atoms with Crippen LogP contribution in [-0.4, -0.2) is 34.5 Å². The zero-order chi connectivity index (χ0) is 13.7. The van der Waals surface area contributed by atoms with Crippen LogP contribution in [0.2, 0.25) is 0 Å². The van der Waals surface area contributed by atoms with Crippen LogP contribution < -0.4 is 0 Å². The topological polar surface area (TPSA) is 57.6 Å². The maximum absolute atomic E-state index is 12.0. The summed E-state index contributed by atoms with van der Waals surface area (Å²) in [5.74, 6) is -0.949. The van der Waals surface area contributed by atoms with Crippen LogP contribution >= 0.6 is 0 Å². The first-order valence-electron chi connectivity index (χ1n) is 6.07. The fourth-order valence-corrected chi connectivity index (χ4v) is 1.92. The van der Waals surface area contributed by atoms with Gasteiger partial charge in [-0.1, -0.05) is 12.1 Å². The molecule has 0 aliphatic heterocycles. The number of aromatic carboxylic acids is 1. The molecule has 0 atom stereocenters. The van der Waals surface area contributed by atoms with Gasteiger partial charge >= 0.3 is 5.97 Å². The van der Waals surface area contributed by atoms with Crippen molar-refractivity contribution < 1.29 is 14.7 Å². The molecule has 0 radical (unpaired) electrons. The van der Waals surface area contributed by atoms with E-state index in [1.165, 1.54) is 6.07 Å². The first kappa shape index (κ1) is 14.2. The zero-order valence-electron chi connectivity index (χ0n) is 11.0. The number of carboxylic acid groups (broad SMARTS) is 1. The number of carbonyl (C=O) groups is 2. The highest BCUT2D eigenvalue weighted by molar-refractivity contribution is 5.88. The molecule has 0 saturated carbocycles. The van der Waals surface area contributed by atoms with Crippen molar-refractivity contribution in [2.75, 3.05) is 6.54 Å². The highest BCUT2D eigenvalue weighted by atomic mass is 16.4. The van der Waals surface area contributed by atoms with Gasteiger partial charge in [0.05, 0.1) is 12.0 Å². The number of amides is 1. The van der Waals surface area contributed by atoms with E-state index in [0.717, 1.165) is 5.56 Å². The van der Waals surface area contributed by atoms with Crippen LogP contribution in [0.5, 0.6) is 0 Å². The second-order valence-corrected chi connectivity index (χ2v) is 4.46. The fourth-order valence-electron chi connectivity index (χ4n) is 1.92. The number of benzene rings is 1. The summed E-state index contributed by atoms with van der Waals surface area (Å²) in [6, 6.07) is 6.67. The number of carbonyl (C=O) groups excluding carboxylic acids is 1. The molecule has 1 amide bonds. The van der Waals surface area contributed by atoms with Gasteiger partial charge < -0.3 is 10.0 Å². The van der Waals surface area contributed by atoms with Crippen molar-refractivity contribution in [2.45, 2.75) is 33.2 Å². The molecule has 0 bridgehead atoms. The second kappa shape index (κ2) is 6.19. The lowest BCUT2D eigenvalue weighted by Gasteiger charge is -2.25. The molecule has 18 heavy (non-hydrogen) atoms. The van der Waals surface area contributed by atoms with Crippen LogP contribution in [0.15, 0.2) is 24.3 Å². The summed E-state index contributed by atoms with van der Waals surface area (Å²) in [7, 11) is 0. The normalized spacial score (nSPS) is 10.4. The van der Waals surface area contributed by atoms with Gasteiger partial charge in [0.15, 0.2) is 0 Å². The molecule has 0 spiro atoms. The van der Waals surface area contributed by atoms with Crippen molar-refractivity contribution in [2.24, 2.45) is 0 Å². The predicted octanol–water partition coefficient (Wildman–Crippen LogP) is 2.18. The molecule has 0 aliphatic rings. The van der Waals surface area contributed by atoms with Gasteiger partial charge in [0.1, 0.15) is 0 Å². The molecular weight excluding hydrogens is 230 g/mol. The van der Waals surface area contributed by atoms with Crippen molar-refractivity contribution in [3.8, 4) is 0 Å². The van der Waals surface area contributed by atoms with Crippen molar-refractivity contribution in [3.05, 3.63) is 35.4 Å². The Morgan fingerprint density at radius 3 is 2.50 bits per heavy atom. The predicted molar refractivity (Wildman–Crippen MR) is 69.6 cm³/mol. The molecule has 4 heteroatoms. The first-order valence-corrected chi connectivity index (χ1v) is 6.07. The lowest BCUT2D eigenvalue weighted by Crippen LogP contribution is -2.37. The fraction of sp³-hybridized carbons (Fsp3) is 0.429. The van der Waals surface area contributed by atoms with Crippen LogP contribution in [-0.2, 0) is 11.2 Å². The molecule has 0 saturated heterocycles. The van der Waals surface area contributed by atoms with Gasteiger partial charge in [-0.3, -0.25) is 4.79 Å². The Labute approximate surface area is 107 Å². The van der Waals surface area contributed by atoms with Crippen LogP contribution in [0.4, 0.5) is 0 Å². The minimum absolute atomic E-state index is 0.0232. The Kier molecular flexibility index (Phi) is 4.89. The lowest BCUT2D eigenvalue weighted by atomic mass is 10.1. The average molecular weight is 249 g/mol. The largest absolute Gasteiger partial charge is 0.478 e. The summed E-state index contributed by atoms with van der Waals surface area (Å²) < 4.78 is 0. The Hall–Kier alpha value is -1.84. The maximum Gasteiger partial charge on any atom is 0.335 e. The van der Waals surface area contributed by atoms with E-state index in [9.17, 15) is 9.59 Å². The van der Waals surface area contributed by atoms with Crippen molar-refractivity contribution in [1.82, 2.24) is 4.90 Å². The Balaban J connectivity index is 2.81. The summed E-state index contributed by atoms with van der Waals surface area (Å²) in [5.41, 5.74) is 0.951. The van der Waals surface area contributed by atoms with Crippen molar-refractivity contribution >= 4 is 11.9 Å². The summed E-state index contributed by atoms with van der Waals surface area (Å²) in [6.45, 7) is 6.53. The van der Waals surface area contributed by atoms with Gasteiger partial charge in [0.25, 0.3) is 0 Å². The lowest BCUT2D eigenvalue weighted by molar-refractivity contribution is -0.131. The standard InChI is InChI=1S/C14H19NO3/c1-4-15(10(2)3)13(16)9-11-6-5-7-12(8-11)14(17)18/h5-8,10H,4,9H2,1-3H3,(H,17,18). The molecule has 0 aliphatic carbocycles. The van der Waals surface area contributed by atoms with Crippen LogP contribution in [0.3, 0.4) is 0 Å². The third-order valence-corrected chi connectivity index (χ3v) is 2.81. The molecule has 0 aromatic heterocycles. The van der Waals surface area contributed by atoms with Gasteiger partial charge in [-0.25, -0.2) is 4.79 Å². The maximum atomic E-state index is 12.0. The Morgan fingerprint density at radius 2 is 2.00 bits per heavy atom. The molecule has 1 rings (SSSR count). The summed E-state index contributed by atoms with van der Waals surface area (Å²) in [4.78, 5) is 24.7. The molecule has 1 aromatic rings. The highest BCUT2D eigenvalue weighted by Crippen LogP contribution is 2.09. The average Bonchev–Trinajstić information content (AvgIpc) is 2.29. The summed E-state index contributed by atoms with van der Waals surface area (Å²) >= 11 is 0. The van der Waals surface area contributed by atoms with E-state index in [1.54, 1.807) is 23.1 Å². The molecule has 0 unspecified atom stereocenters. The number of hydrogen-bond acceptors (Lipinski definition) is 2. The smallest absolute Gasteiger partial charge is 0.335 e. The third kappa shape index (κ3) is 3.58. The Morgan fingerprint density at radius 1 is 1.33 bits per heavy atom. The molecular formula is C14H19NO3. The zero-order valence-corrected chi connectivity index (χ0v) is 11.0. The van der Waals surface area contributed by atoms with Gasteiger partial charge in [0.2, 0.25) is 5.91 Å². The molecule has 0 heterocycles. The van der Waals surface area contributed by atoms with E-state index in [4.69, 9.17) is 5.11 Å². The number of nitrogens with zero attached hydrogens (tertiary/aromatic N) is 1. The van der Waals surface area contributed by atoms with Crippen LogP contribution in [0.1, 0.15) is 36.7 Å².